The molecule has 0 bridgehead atoms. The zero-order valence-corrected chi connectivity index (χ0v) is 28.7. The van der Waals surface area contributed by atoms with E-state index in [1.54, 1.807) is 37.6 Å². The number of thiophene rings is 1. The molecule has 3 N–H and O–H groups in total. The predicted molar refractivity (Wildman–Crippen MR) is 180 cm³/mol. The molecule has 3 aromatic rings. The number of nitrogens with one attached hydrogen (secondary N) is 2. The Kier molecular flexibility index (Phi) is 12.6. The van der Waals surface area contributed by atoms with Gasteiger partial charge in [-0.15, -0.1) is 11.3 Å². The van der Waals surface area contributed by atoms with Crippen molar-refractivity contribution in [3.05, 3.63) is 71.4 Å². The summed E-state index contributed by atoms with van der Waals surface area (Å²) in [6, 6.07) is 12.2. The highest BCUT2D eigenvalue weighted by atomic mass is 32.2. The molecule has 1 aliphatic heterocycles. The number of fused-ring (bicyclic) bond motifs is 1. The van der Waals surface area contributed by atoms with Crippen LogP contribution >= 0.6 is 11.3 Å². The van der Waals surface area contributed by atoms with E-state index in [9.17, 15) is 27.5 Å². The molecule has 14 heteroatoms. The largest absolute Gasteiger partial charge is 0.490 e. The normalized spacial score (nSPS) is 20.3. The molecular formula is C33H43FN4O7S2. The van der Waals surface area contributed by atoms with Crippen LogP contribution in [0.25, 0.3) is 0 Å². The first-order chi connectivity index (χ1) is 22.4. The van der Waals surface area contributed by atoms with Crippen LogP contribution in [0.15, 0.2) is 64.2 Å². The zero-order chi connectivity index (χ0) is 34.1. The number of carbonyl (C=O) groups is 2. The molecule has 4 rings (SSSR count). The summed E-state index contributed by atoms with van der Waals surface area (Å²) in [6.07, 6.45) is 1.49. The van der Waals surface area contributed by atoms with Crippen molar-refractivity contribution in [1.82, 2.24) is 9.80 Å². The molecule has 1 aliphatic rings. The van der Waals surface area contributed by atoms with E-state index in [2.05, 4.69) is 10.0 Å². The molecule has 1 aromatic heterocycles. The number of anilines is 2. The lowest BCUT2D eigenvalue weighted by Gasteiger charge is -2.35. The number of carbonyl (C=O) groups excluding carboxylic acids is 2. The summed E-state index contributed by atoms with van der Waals surface area (Å²) in [6.45, 7) is 6.02. The van der Waals surface area contributed by atoms with E-state index in [0.717, 1.165) is 24.2 Å². The molecule has 2 heterocycles. The van der Waals surface area contributed by atoms with Crippen LogP contribution in [-0.4, -0.2) is 86.9 Å². The number of aliphatic hydroxyl groups excluding tert-OH is 1. The lowest BCUT2D eigenvalue weighted by atomic mass is 10.0. The molecule has 0 spiro atoms. The number of halogens is 1. The Balaban J connectivity index is 1.61. The van der Waals surface area contributed by atoms with Gasteiger partial charge in [0.05, 0.1) is 30.4 Å². The van der Waals surface area contributed by atoms with Gasteiger partial charge in [-0.25, -0.2) is 17.6 Å². The monoisotopic (exact) mass is 690 g/mol. The Morgan fingerprint density at radius 1 is 1.15 bits per heavy atom. The maximum Gasteiger partial charge on any atom is 0.321 e. The van der Waals surface area contributed by atoms with Crippen LogP contribution in [0.5, 0.6) is 5.75 Å². The van der Waals surface area contributed by atoms with E-state index in [1.165, 1.54) is 46.2 Å². The second kappa shape index (κ2) is 16.4. The van der Waals surface area contributed by atoms with Crippen molar-refractivity contribution in [3.8, 4) is 5.75 Å². The average molecular weight is 691 g/mol. The van der Waals surface area contributed by atoms with Gasteiger partial charge in [0, 0.05) is 44.0 Å². The SMILES string of the molecule is C[C@H](CO)N1C[C@H](C)[C@H](CN(C)C(=O)Nc2ccc(F)cc2)OCCCC[C@H](C)Oc2ccc(NS(=O)(=O)c3cccs3)cc2C1=O. The molecule has 0 saturated carbocycles. The molecule has 0 saturated heterocycles. The van der Waals surface area contributed by atoms with Crippen LogP contribution in [0.1, 0.15) is 50.4 Å². The molecular weight excluding hydrogens is 648 g/mol. The Labute approximate surface area is 279 Å². The molecule has 4 atom stereocenters. The third-order valence-electron chi connectivity index (χ3n) is 7.96. The maximum absolute atomic E-state index is 14.3. The van der Waals surface area contributed by atoms with Crippen molar-refractivity contribution in [2.24, 2.45) is 5.92 Å². The van der Waals surface area contributed by atoms with E-state index < -0.39 is 39.9 Å². The second-order valence-corrected chi connectivity index (χ2v) is 14.7. The van der Waals surface area contributed by atoms with Gasteiger partial charge in [0.2, 0.25) is 0 Å². The number of rotatable bonds is 8. The number of ether oxygens (including phenoxy) is 2. The Hall–Kier alpha value is -3.72. The van der Waals surface area contributed by atoms with Crippen molar-refractivity contribution in [2.45, 2.75) is 62.5 Å². The van der Waals surface area contributed by atoms with Gasteiger partial charge in [0.25, 0.3) is 15.9 Å². The fourth-order valence-corrected chi connectivity index (χ4v) is 7.22. The van der Waals surface area contributed by atoms with Crippen LogP contribution in [0.3, 0.4) is 0 Å². The van der Waals surface area contributed by atoms with E-state index >= 15 is 0 Å². The van der Waals surface area contributed by atoms with Gasteiger partial charge in [-0.05, 0) is 87.0 Å². The van der Waals surface area contributed by atoms with Gasteiger partial charge in [-0.3, -0.25) is 9.52 Å². The number of nitrogens with zero attached hydrogens (tertiary/aromatic N) is 2. The van der Waals surface area contributed by atoms with Crippen LogP contribution < -0.4 is 14.8 Å². The van der Waals surface area contributed by atoms with E-state index in [0.29, 0.717) is 24.5 Å². The number of urea groups is 1. The Morgan fingerprint density at radius 2 is 1.87 bits per heavy atom. The zero-order valence-electron chi connectivity index (χ0n) is 27.0. The first kappa shape index (κ1) is 36.1. The van der Waals surface area contributed by atoms with Crippen LogP contribution in [0, 0.1) is 11.7 Å². The average Bonchev–Trinajstić information content (AvgIpc) is 3.60. The molecule has 47 heavy (non-hydrogen) atoms. The molecule has 11 nitrogen and oxygen atoms in total. The molecule has 3 amide bonds. The Bertz CT molecular complexity index is 1590. The summed E-state index contributed by atoms with van der Waals surface area (Å²) < 4.78 is 54.5. The van der Waals surface area contributed by atoms with Gasteiger partial charge in [0.1, 0.15) is 15.8 Å². The number of amides is 3. The Morgan fingerprint density at radius 3 is 2.55 bits per heavy atom. The minimum absolute atomic E-state index is 0.139. The molecule has 2 aromatic carbocycles. The highest BCUT2D eigenvalue weighted by Gasteiger charge is 2.31. The topological polar surface area (TPSA) is 138 Å². The van der Waals surface area contributed by atoms with Gasteiger partial charge in [0.15, 0.2) is 0 Å². The molecule has 256 valence electrons. The summed E-state index contributed by atoms with van der Waals surface area (Å²) >= 11 is 1.08. The van der Waals surface area contributed by atoms with Crippen LogP contribution in [0.4, 0.5) is 20.6 Å². The number of aliphatic hydroxyl groups is 1. The van der Waals surface area contributed by atoms with Crippen molar-refractivity contribution >= 4 is 44.7 Å². The number of hydrogen-bond acceptors (Lipinski definition) is 8. The van der Waals surface area contributed by atoms with Gasteiger partial charge < -0.3 is 29.7 Å². The van der Waals surface area contributed by atoms with Crippen molar-refractivity contribution in [1.29, 1.82) is 0 Å². The number of hydrogen-bond donors (Lipinski definition) is 3. The summed E-state index contributed by atoms with van der Waals surface area (Å²) in [7, 11) is -2.24. The van der Waals surface area contributed by atoms with E-state index in [4.69, 9.17) is 9.47 Å². The van der Waals surface area contributed by atoms with Crippen molar-refractivity contribution < 1.29 is 37.0 Å². The third kappa shape index (κ3) is 9.89. The van der Waals surface area contributed by atoms with Crippen LogP contribution in [0.2, 0.25) is 0 Å². The quantitative estimate of drug-likeness (QED) is 0.278. The van der Waals surface area contributed by atoms with Crippen LogP contribution in [-0.2, 0) is 14.8 Å². The standard InChI is InChI=1S/C33H43FN4O7S2/c1-22-19-38(23(2)21-39)32(40)28-18-27(36-47(42,43)31-9-7-17-46-31)14-15-29(28)45-24(3)8-5-6-16-44-30(22)20-37(4)33(41)35-26-12-10-25(34)11-13-26/h7,9-15,17-18,22-24,30,36,39H,5-6,8,16,19-21H2,1-4H3,(H,35,41)/t22-,23+,24-,30-/m0/s1. The van der Waals surface area contributed by atoms with Crippen molar-refractivity contribution in [2.75, 3.05) is 43.4 Å². The van der Waals surface area contributed by atoms with E-state index in [-0.39, 0.29) is 47.2 Å². The summed E-state index contributed by atoms with van der Waals surface area (Å²) in [5.74, 6) is -0.836. The second-order valence-electron chi connectivity index (χ2n) is 11.9. The lowest BCUT2D eigenvalue weighted by Crippen LogP contribution is -2.48. The first-order valence-corrected chi connectivity index (χ1v) is 17.9. The summed E-state index contributed by atoms with van der Waals surface area (Å²) in [5, 5.41) is 14.6. The fourth-order valence-electron chi connectivity index (χ4n) is 5.18. The fraction of sp³-hybridized carbons (Fsp3) is 0.455. The number of likely N-dealkylation sites (N-methyl/N-ethyl adjacent to an activating group) is 1. The predicted octanol–water partition coefficient (Wildman–Crippen LogP) is 5.65. The summed E-state index contributed by atoms with van der Waals surface area (Å²) in [4.78, 5) is 30.3. The van der Waals surface area contributed by atoms with Crippen molar-refractivity contribution in [3.63, 3.8) is 0 Å². The summed E-state index contributed by atoms with van der Waals surface area (Å²) in [5.41, 5.74) is 0.799. The smallest absolute Gasteiger partial charge is 0.321 e. The first-order valence-electron chi connectivity index (χ1n) is 15.6. The number of benzene rings is 2. The highest BCUT2D eigenvalue weighted by molar-refractivity contribution is 7.94. The molecule has 0 radical (unpaired) electrons. The van der Waals surface area contributed by atoms with Gasteiger partial charge in [-0.2, -0.15) is 0 Å². The molecule has 0 fully saturated rings. The van der Waals surface area contributed by atoms with E-state index in [1.807, 2.05) is 13.8 Å². The third-order valence-corrected chi connectivity index (χ3v) is 10.7. The lowest BCUT2D eigenvalue weighted by molar-refractivity contribution is -0.0115. The highest BCUT2D eigenvalue weighted by Crippen LogP contribution is 2.30. The molecule has 0 unspecified atom stereocenters. The maximum atomic E-state index is 14.3. The minimum atomic E-state index is -3.87. The van der Waals surface area contributed by atoms with Gasteiger partial charge >= 0.3 is 6.03 Å². The number of sulfonamides is 1. The van der Waals surface area contributed by atoms with Gasteiger partial charge in [-0.1, -0.05) is 13.0 Å². The minimum Gasteiger partial charge on any atom is -0.490 e. The molecule has 0 aliphatic carbocycles.